The molecule has 2 amide bonds. The molecular formula is C75H72N6O6. The van der Waals surface area contributed by atoms with Crippen LogP contribution < -0.4 is 32.0 Å². The van der Waals surface area contributed by atoms with Crippen LogP contribution in [-0.4, -0.2) is 77.7 Å². The number of aliphatic hydroxyl groups excluding tert-OH is 3. The minimum atomic E-state index is -0.633. The Morgan fingerprint density at radius 1 is 0.437 bits per heavy atom. The predicted octanol–water partition coefficient (Wildman–Crippen LogP) is 8.82. The van der Waals surface area contributed by atoms with Crippen molar-refractivity contribution in [3.63, 3.8) is 0 Å². The van der Waals surface area contributed by atoms with Crippen molar-refractivity contribution in [1.29, 1.82) is 0 Å². The van der Waals surface area contributed by atoms with Gasteiger partial charge in [-0.15, -0.1) is 0 Å². The summed E-state index contributed by atoms with van der Waals surface area (Å²) in [5.74, 6) is -0.777. The van der Waals surface area contributed by atoms with Gasteiger partial charge in [-0.2, -0.15) is 0 Å². The summed E-state index contributed by atoms with van der Waals surface area (Å²) in [5.41, 5.74) is 16.5. The number of hydrogen-bond acceptors (Lipinski definition) is 6. The molecule has 12 unspecified atom stereocenters. The Balaban J connectivity index is 0.771. The molecule has 0 saturated heterocycles. The average Bonchev–Trinajstić information content (AvgIpc) is 1.59. The van der Waals surface area contributed by atoms with Gasteiger partial charge >= 0.3 is 0 Å². The third-order valence-corrected chi connectivity index (χ3v) is 20.8. The first kappa shape index (κ1) is 54.8. The first-order valence-electron chi connectivity index (χ1n) is 31.2. The second-order valence-electron chi connectivity index (χ2n) is 25.9. The minimum absolute atomic E-state index is 0.0397. The van der Waals surface area contributed by atoms with Gasteiger partial charge in [-0.3, -0.25) is 14.4 Å². The van der Waals surface area contributed by atoms with Crippen molar-refractivity contribution in [2.24, 2.45) is 53.3 Å². The van der Waals surface area contributed by atoms with Gasteiger partial charge in [0.25, 0.3) is 11.8 Å². The average molecular weight is 1150 g/mol. The van der Waals surface area contributed by atoms with Crippen molar-refractivity contribution in [1.82, 2.24) is 25.3 Å². The number of aromatic nitrogens is 4. The van der Waals surface area contributed by atoms with Crippen LogP contribution in [-0.2, 0) is 4.79 Å². The molecule has 6 aliphatic rings. The van der Waals surface area contributed by atoms with Gasteiger partial charge in [0.1, 0.15) is 5.78 Å². The van der Waals surface area contributed by atoms with Crippen molar-refractivity contribution in [2.45, 2.75) is 77.6 Å². The highest BCUT2D eigenvalue weighted by molar-refractivity contribution is 6.04. The Kier molecular flexibility index (Phi) is 13.8. The number of aliphatic hydroxyl groups is 3. The summed E-state index contributed by atoms with van der Waals surface area (Å²) >= 11 is 0. The Hall–Kier alpha value is -8.81. The number of aromatic amines is 4. The molecule has 10 bridgehead atoms. The van der Waals surface area contributed by atoms with Crippen LogP contribution in [0.5, 0.6) is 0 Å². The SMILES string of the molecule is Cc1ccc(NC(=O)c2ccc(C3=c4ccc([nH]4)=C(c4ccc(C)cc4)c4ccc([nH]4)C(c4ccc(C(=O)NCC5CCC6C(=O)C7C8CC(C7C(O)C6C5)C5C(O)CCC(O)C85)cc4)=c4ccc([nH]4)=C(c4ccc(C)cc4)c4ccc3[nH]4)cc2)cc1. The Morgan fingerprint density at radius 3 is 1.31 bits per heavy atom. The zero-order valence-corrected chi connectivity index (χ0v) is 49.1. The third kappa shape index (κ3) is 9.69. The molecule has 5 aliphatic carbocycles. The summed E-state index contributed by atoms with van der Waals surface area (Å²) < 4.78 is 0. The Morgan fingerprint density at radius 2 is 0.851 bits per heavy atom. The number of amides is 2. The van der Waals surface area contributed by atoms with Gasteiger partial charge in [0.05, 0.1) is 18.3 Å². The van der Waals surface area contributed by atoms with E-state index in [0.29, 0.717) is 43.4 Å². The van der Waals surface area contributed by atoms with Crippen molar-refractivity contribution < 1.29 is 29.7 Å². The number of H-pyrrole nitrogens is 4. The van der Waals surface area contributed by atoms with E-state index in [1.807, 2.05) is 79.7 Å². The Labute approximate surface area is 504 Å². The van der Waals surface area contributed by atoms with E-state index in [4.69, 9.17) is 0 Å². The van der Waals surface area contributed by atoms with Crippen molar-refractivity contribution in [3.05, 3.63) is 264 Å². The number of Topliss-reactive ketones (excluding diaryl/α,β-unsaturated/α-hetero) is 1. The standard InChI is InChI=1S/C75H72N6O6/c1-39-4-11-43(12-5-39)64-54-26-30-58(78-54)66(45-15-19-47(20-16-45)74(86)76-38-42-10-25-50-51(36-42)73(85)71-53-37-52(70(71)72(50)84)68-62(82)34-35-63(83)69(53)68)59-31-27-55(79-59)65(44-13-6-40(2)7-14-44)57-29-33-61(81-57)67(60-32-28-56(64)80-60)46-17-21-48(22-18-46)75(87)77-49-23-8-41(3)9-24-49/h4-9,11-24,26-33,42,50-53,62-63,68-71,73,78-83,85H,10,25,34-38H2,1-3H3,(H,76,86)(H,77,87). The molecule has 4 aromatic heterocycles. The molecule has 5 heterocycles. The van der Waals surface area contributed by atoms with Crippen LogP contribution in [0.1, 0.15) is 121 Å². The maximum absolute atomic E-state index is 14.3. The number of anilines is 1. The first-order chi connectivity index (χ1) is 42.3. The molecule has 12 heteroatoms. The number of nitrogens with one attached hydrogen (secondary N) is 6. The number of carbonyl (C=O) groups excluding carboxylic acids is 3. The lowest BCUT2D eigenvalue weighted by atomic mass is 9.51. The lowest BCUT2D eigenvalue weighted by Crippen LogP contribution is -2.59. The minimum Gasteiger partial charge on any atom is -0.393 e. The summed E-state index contributed by atoms with van der Waals surface area (Å²) in [6.07, 6.45) is 2.48. The fourth-order valence-corrected chi connectivity index (χ4v) is 16.7. The van der Waals surface area contributed by atoms with E-state index in [1.165, 1.54) is 0 Å². The van der Waals surface area contributed by atoms with E-state index in [0.717, 1.165) is 124 Å². The molecule has 1 aliphatic heterocycles. The third-order valence-electron chi connectivity index (χ3n) is 20.8. The molecule has 9 N–H and O–H groups in total. The maximum atomic E-state index is 14.3. The zero-order chi connectivity index (χ0) is 59.4. The molecule has 438 valence electrons. The topological polar surface area (TPSA) is 199 Å². The second kappa shape index (κ2) is 21.9. The largest absolute Gasteiger partial charge is 0.393 e. The maximum Gasteiger partial charge on any atom is 0.255 e. The number of aryl methyl sites for hydroxylation is 3. The van der Waals surface area contributed by atoms with Crippen LogP contribution in [0.3, 0.4) is 0 Å². The zero-order valence-electron chi connectivity index (χ0n) is 49.1. The number of ketones is 1. The van der Waals surface area contributed by atoms with Crippen LogP contribution in [0.25, 0.3) is 22.3 Å². The van der Waals surface area contributed by atoms with Gasteiger partial charge in [0, 0.05) is 102 Å². The molecule has 15 rings (SSSR count). The van der Waals surface area contributed by atoms with Crippen LogP contribution in [0.4, 0.5) is 5.69 Å². The molecule has 87 heavy (non-hydrogen) atoms. The van der Waals surface area contributed by atoms with Gasteiger partial charge in [0.15, 0.2) is 0 Å². The summed E-state index contributed by atoms with van der Waals surface area (Å²) in [5, 5.41) is 44.2. The lowest BCUT2D eigenvalue weighted by Gasteiger charge is -2.54. The monoisotopic (exact) mass is 1150 g/mol. The fraction of sp³-hybridized carbons (Fsp3) is 0.293. The van der Waals surface area contributed by atoms with Crippen LogP contribution in [0, 0.1) is 74.0 Å². The van der Waals surface area contributed by atoms with Gasteiger partial charge < -0.3 is 45.9 Å². The molecule has 12 atom stereocenters. The lowest BCUT2D eigenvalue weighted by molar-refractivity contribution is -0.169. The fourth-order valence-electron chi connectivity index (χ4n) is 16.7. The highest BCUT2D eigenvalue weighted by Gasteiger charge is 2.68. The number of hydrogen-bond donors (Lipinski definition) is 9. The second-order valence-corrected chi connectivity index (χ2v) is 25.9. The molecule has 5 saturated carbocycles. The van der Waals surface area contributed by atoms with Gasteiger partial charge in [0.2, 0.25) is 0 Å². The van der Waals surface area contributed by atoms with Gasteiger partial charge in [-0.25, -0.2) is 0 Å². The number of carbonyl (C=O) groups is 3. The molecule has 0 spiro atoms. The van der Waals surface area contributed by atoms with E-state index in [2.05, 4.69) is 141 Å². The summed E-state index contributed by atoms with van der Waals surface area (Å²) in [4.78, 5) is 57.6. The molecule has 5 aromatic carbocycles. The first-order valence-corrected chi connectivity index (χ1v) is 31.2. The molecular weight excluding hydrogens is 1080 g/mol. The summed E-state index contributed by atoms with van der Waals surface area (Å²) in [7, 11) is 0. The van der Waals surface area contributed by atoms with E-state index in [-0.39, 0.29) is 70.9 Å². The van der Waals surface area contributed by atoms with Gasteiger partial charge in [-0.1, -0.05) is 102 Å². The summed E-state index contributed by atoms with van der Waals surface area (Å²) in [6.45, 7) is 6.65. The highest BCUT2D eigenvalue weighted by atomic mass is 16.3. The number of benzene rings is 5. The van der Waals surface area contributed by atoms with E-state index in [1.54, 1.807) is 0 Å². The molecule has 12 nitrogen and oxygen atoms in total. The van der Waals surface area contributed by atoms with E-state index < -0.39 is 18.3 Å². The smallest absolute Gasteiger partial charge is 0.255 e. The molecule has 0 radical (unpaired) electrons. The normalized spacial score (nSPS) is 26.3. The Bertz CT molecular complexity index is 4410. The van der Waals surface area contributed by atoms with Crippen molar-refractivity contribution >= 4 is 45.6 Å². The number of fused-ring (bicyclic) bond motifs is 17. The van der Waals surface area contributed by atoms with Gasteiger partial charge in [-0.05, 0) is 208 Å². The number of rotatable bonds is 9. The van der Waals surface area contributed by atoms with E-state index in [9.17, 15) is 29.7 Å². The highest BCUT2D eigenvalue weighted by Crippen LogP contribution is 2.66. The quantitative estimate of drug-likeness (QED) is 0.0692. The molecule has 5 fully saturated rings. The molecule has 9 aromatic rings. The summed E-state index contributed by atoms with van der Waals surface area (Å²) in [6, 6.07) is 57.6. The predicted molar refractivity (Wildman–Crippen MR) is 337 cm³/mol. The van der Waals surface area contributed by atoms with Crippen LogP contribution >= 0.6 is 0 Å². The van der Waals surface area contributed by atoms with Crippen LogP contribution in [0.2, 0.25) is 0 Å². The van der Waals surface area contributed by atoms with E-state index >= 15 is 0 Å². The van der Waals surface area contributed by atoms with Crippen molar-refractivity contribution in [2.75, 3.05) is 11.9 Å². The van der Waals surface area contributed by atoms with Crippen molar-refractivity contribution in [3.8, 4) is 0 Å². The van der Waals surface area contributed by atoms with Crippen LogP contribution in [0.15, 0.2) is 170 Å².